The monoisotopic (exact) mass is 222 g/mol. The molecule has 2 aliphatic rings. The molecule has 1 aliphatic carbocycles. The molecule has 0 bridgehead atoms. The lowest BCUT2D eigenvalue weighted by atomic mass is 10.0. The van der Waals surface area contributed by atoms with Crippen LogP contribution in [0.1, 0.15) is 0 Å². The maximum atomic E-state index is 11.6. The van der Waals surface area contributed by atoms with E-state index in [-0.39, 0.29) is 5.76 Å². The Labute approximate surface area is 94.0 Å². The summed E-state index contributed by atoms with van der Waals surface area (Å²) in [6.07, 6.45) is 1.38. The van der Waals surface area contributed by atoms with Crippen molar-refractivity contribution in [3.05, 3.63) is 23.2 Å². The SMILES string of the molecule is COC1=C2C(=CC(=O)C1=O)N(C)CCN2C. The first-order valence-corrected chi connectivity index (χ1v) is 5.07. The van der Waals surface area contributed by atoms with Crippen LogP contribution in [0.2, 0.25) is 0 Å². The fraction of sp³-hybridized carbons (Fsp3) is 0.455. The lowest BCUT2D eigenvalue weighted by Gasteiger charge is -2.38. The molecule has 86 valence electrons. The maximum Gasteiger partial charge on any atom is 0.269 e. The summed E-state index contributed by atoms with van der Waals surface area (Å²) in [6, 6.07) is 0. The first-order valence-electron chi connectivity index (χ1n) is 5.07. The zero-order chi connectivity index (χ0) is 11.9. The Morgan fingerprint density at radius 3 is 2.44 bits per heavy atom. The van der Waals surface area contributed by atoms with Gasteiger partial charge in [0.05, 0.1) is 12.8 Å². The zero-order valence-electron chi connectivity index (χ0n) is 9.61. The minimum absolute atomic E-state index is 0.150. The highest BCUT2D eigenvalue weighted by molar-refractivity contribution is 6.48. The second-order valence-corrected chi connectivity index (χ2v) is 3.95. The third kappa shape index (κ3) is 1.39. The predicted octanol–water partition coefficient (Wildman–Crippen LogP) is -0.243. The van der Waals surface area contributed by atoms with Gasteiger partial charge < -0.3 is 14.5 Å². The molecular formula is C11H14N2O3. The number of nitrogens with zero attached hydrogens (tertiary/aromatic N) is 2. The van der Waals surface area contributed by atoms with E-state index < -0.39 is 11.6 Å². The molecule has 1 heterocycles. The summed E-state index contributed by atoms with van der Waals surface area (Å²) in [4.78, 5) is 27.0. The van der Waals surface area contributed by atoms with E-state index in [9.17, 15) is 9.59 Å². The van der Waals surface area contributed by atoms with Gasteiger partial charge in [0.25, 0.3) is 5.78 Å². The van der Waals surface area contributed by atoms with Gasteiger partial charge in [0, 0.05) is 33.3 Å². The Hall–Kier alpha value is -1.78. The first kappa shape index (κ1) is 10.7. The molecule has 5 nitrogen and oxygen atoms in total. The fourth-order valence-electron chi connectivity index (χ4n) is 1.98. The molecule has 0 spiro atoms. The van der Waals surface area contributed by atoms with E-state index in [1.807, 2.05) is 23.9 Å². The van der Waals surface area contributed by atoms with Gasteiger partial charge in [-0.05, 0) is 0 Å². The van der Waals surface area contributed by atoms with Crippen molar-refractivity contribution >= 4 is 11.6 Å². The van der Waals surface area contributed by atoms with Gasteiger partial charge in [-0.3, -0.25) is 9.59 Å². The molecule has 0 amide bonds. The highest BCUT2D eigenvalue weighted by Gasteiger charge is 2.35. The number of rotatable bonds is 1. The van der Waals surface area contributed by atoms with Crippen LogP contribution in [0.4, 0.5) is 0 Å². The Balaban J connectivity index is 2.57. The number of allylic oxidation sites excluding steroid dienone is 2. The summed E-state index contributed by atoms with van der Waals surface area (Å²) in [5.41, 5.74) is 1.47. The number of fused-ring (bicyclic) bond motifs is 1. The van der Waals surface area contributed by atoms with Crippen molar-refractivity contribution in [2.75, 3.05) is 34.3 Å². The molecule has 1 saturated heterocycles. The summed E-state index contributed by atoms with van der Waals surface area (Å²) >= 11 is 0. The number of hydrogen-bond donors (Lipinski definition) is 0. The molecule has 0 aromatic carbocycles. The largest absolute Gasteiger partial charge is 0.491 e. The van der Waals surface area contributed by atoms with Crippen molar-refractivity contribution in [3.8, 4) is 0 Å². The molecule has 1 aliphatic heterocycles. The summed E-state index contributed by atoms with van der Waals surface area (Å²) in [5, 5.41) is 0. The predicted molar refractivity (Wildman–Crippen MR) is 57.4 cm³/mol. The molecule has 2 rings (SSSR count). The molecule has 0 radical (unpaired) electrons. The topological polar surface area (TPSA) is 49.9 Å². The number of Topliss-reactive ketones (excluding diaryl/α,β-unsaturated/α-hetero) is 1. The number of ketones is 2. The highest BCUT2D eigenvalue weighted by Crippen LogP contribution is 2.29. The summed E-state index contributed by atoms with van der Waals surface area (Å²) in [6.45, 7) is 1.63. The van der Waals surface area contributed by atoms with Crippen molar-refractivity contribution in [1.82, 2.24) is 9.80 Å². The quantitative estimate of drug-likeness (QED) is 0.452. The maximum absolute atomic E-state index is 11.6. The summed E-state index contributed by atoms with van der Waals surface area (Å²) in [7, 11) is 5.20. The lowest BCUT2D eigenvalue weighted by Crippen LogP contribution is -2.43. The average molecular weight is 222 g/mol. The molecule has 0 aromatic heterocycles. The van der Waals surface area contributed by atoms with Crippen molar-refractivity contribution in [1.29, 1.82) is 0 Å². The zero-order valence-corrected chi connectivity index (χ0v) is 9.61. The standard InChI is InChI=1S/C11H14N2O3/c1-12-4-5-13(2)9-7(12)6-8(14)10(15)11(9)16-3/h6H,4-5H2,1-3H3. The van der Waals surface area contributed by atoms with E-state index in [0.717, 1.165) is 18.8 Å². The third-order valence-electron chi connectivity index (χ3n) is 2.92. The molecule has 1 fully saturated rings. The van der Waals surface area contributed by atoms with E-state index in [1.165, 1.54) is 13.2 Å². The van der Waals surface area contributed by atoms with E-state index in [4.69, 9.17) is 4.74 Å². The van der Waals surface area contributed by atoms with Crippen LogP contribution >= 0.6 is 0 Å². The second-order valence-electron chi connectivity index (χ2n) is 3.95. The molecule has 16 heavy (non-hydrogen) atoms. The fourth-order valence-corrected chi connectivity index (χ4v) is 1.98. The molecule has 0 aromatic rings. The number of likely N-dealkylation sites (N-methyl/N-ethyl adjacent to an activating group) is 2. The van der Waals surface area contributed by atoms with Gasteiger partial charge in [-0.1, -0.05) is 0 Å². The van der Waals surface area contributed by atoms with Crippen LogP contribution in [0.3, 0.4) is 0 Å². The van der Waals surface area contributed by atoms with Crippen molar-refractivity contribution < 1.29 is 14.3 Å². The van der Waals surface area contributed by atoms with E-state index in [2.05, 4.69) is 0 Å². The van der Waals surface area contributed by atoms with E-state index in [0.29, 0.717) is 5.70 Å². The number of hydrogen-bond acceptors (Lipinski definition) is 5. The molecule has 0 atom stereocenters. The second kappa shape index (κ2) is 3.66. The van der Waals surface area contributed by atoms with Crippen molar-refractivity contribution in [2.24, 2.45) is 0 Å². The van der Waals surface area contributed by atoms with E-state index in [1.54, 1.807) is 0 Å². The van der Waals surface area contributed by atoms with Crippen LogP contribution in [0.25, 0.3) is 0 Å². The molecule has 0 N–H and O–H groups in total. The first-order chi connectivity index (χ1) is 7.56. The number of carbonyl (C=O) groups excluding carboxylic acids is 2. The van der Waals surface area contributed by atoms with Crippen LogP contribution in [-0.2, 0) is 14.3 Å². The van der Waals surface area contributed by atoms with Crippen LogP contribution in [0.15, 0.2) is 23.2 Å². The van der Waals surface area contributed by atoms with Crippen molar-refractivity contribution in [3.63, 3.8) is 0 Å². The van der Waals surface area contributed by atoms with Gasteiger partial charge >= 0.3 is 0 Å². The van der Waals surface area contributed by atoms with Gasteiger partial charge in [0.15, 0.2) is 5.76 Å². The van der Waals surface area contributed by atoms with Gasteiger partial charge in [0.1, 0.15) is 5.70 Å². The number of piperazine rings is 1. The normalized spacial score (nSPS) is 21.1. The smallest absolute Gasteiger partial charge is 0.269 e. The number of methoxy groups -OCH3 is 1. The molecule has 5 heteroatoms. The van der Waals surface area contributed by atoms with Crippen LogP contribution < -0.4 is 0 Å². The van der Waals surface area contributed by atoms with Crippen LogP contribution in [0.5, 0.6) is 0 Å². The van der Waals surface area contributed by atoms with Gasteiger partial charge in [0.2, 0.25) is 5.78 Å². The van der Waals surface area contributed by atoms with Gasteiger partial charge in [-0.15, -0.1) is 0 Å². The summed E-state index contributed by atoms with van der Waals surface area (Å²) < 4.78 is 5.06. The minimum atomic E-state index is -0.566. The van der Waals surface area contributed by atoms with E-state index >= 15 is 0 Å². The lowest BCUT2D eigenvalue weighted by molar-refractivity contribution is -0.133. The van der Waals surface area contributed by atoms with Crippen LogP contribution in [-0.4, -0.2) is 55.7 Å². The molecule has 0 unspecified atom stereocenters. The Kier molecular flexibility index (Phi) is 2.46. The Morgan fingerprint density at radius 2 is 1.81 bits per heavy atom. The molecule has 0 saturated carbocycles. The minimum Gasteiger partial charge on any atom is -0.491 e. The highest BCUT2D eigenvalue weighted by atomic mass is 16.5. The third-order valence-corrected chi connectivity index (χ3v) is 2.92. The molecular weight excluding hydrogens is 208 g/mol. The summed E-state index contributed by atoms with van der Waals surface area (Å²) in [5.74, 6) is -0.933. The van der Waals surface area contributed by atoms with Gasteiger partial charge in [-0.25, -0.2) is 0 Å². The Morgan fingerprint density at radius 1 is 1.19 bits per heavy atom. The average Bonchev–Trinajstić information content (AvgIpc) is 2.26. The van der Waals surface area contributed by atoms with Gasteiger partial charge in [-0.2, -0.15) is 0 Å². The Bertz CT molecular complexity index is 423. The number of carbonyl (C=O) groups is 2. The number of ether oxygens (including phenoxy) is 1. The van der Waals surface area contributed by atoms with Crippen molar-refractivity contribution in [2.45, 2.75) is 0 Å². The van der Waals surface area contributed by atoms with Crippen LogP contribution in [0, 0.1) is 0 Å².